The van der Waals surface area contributed by atoms with E-state index < -0.39 is 0 Å². The second kappa shape index (κ2) is 5.65. The highest BCUT2D eigenvalue weighted by Crippen LogP contribution is 2.38. The van der Waals surface area contributed by atoms with Gasteiger partial charge in [0.05, 0.1) is 3.79 Å². The fourth-order valence-corrected chi connectivity index (χ4v) is 3.86. The molecule has 0 saturated heterocycles. The SMILES string of the molecule is CC(C)NCC1CCC1Cc1ccc(Br)s1. The van der Waals surface area contributed by atoms with E-state index in [0.29, 0.717) is 6.04 Å². The van der Waals surface area contributed by atoms with Gasteiger partial charge in [0, 0.05) is 10.9 Å². The molecule has 16 heavy (non-hydrogen) atoms. The van der Waals surface area contributed by atoms with Crippen LogP contribution in [0.4, 0.5) is 0 Å². The second-order valence-electron chi connectivity index (χ2n) is 5.07. The smallest absolute Gasteiger partial charge is 0.0701 e. The van der Waals surface area contributed by atoms with Gasteiger partial charge in [0.15, 0.2) is 0 Å². The summed E-state index contributed by atoms with van der Waals surface area (Å²) in [4.78, 5) is 1.53. The highest BCUT2D eigenvalue weighted by atomic mass is 79.9. The summed E-state index contributed by atoms with van der Waals surface area (Å²) < 4.78 is 1.26. The van der Waals surface area contributed by atoms with Crippen molar-refractivity contribution in [3.8, 4) is 0 Å². The highest BCUT2D eigenvalue weighted by molar-refractivity contribution is 9.11. The van der Waals surface area contributed by atoms with E-state index in [0.717, 1.165) is 11.8 Å². The molecule has 1 aromatic heterocycles. The van der Waals surface area contributed by atoms with Gasteiger partial charge in [0.25, 0.3) is 0 Å². The van der Waals surface area contributed by atoms with E-state index in [1.54, 1.807) is 0 Å². The first-order chi connectivity index (χ1) is 7.65. The largest absolute Gasteiger partial charge is 0.314 e. The zero-order valence-corrected chi connectivity index (χ0v) is 12.4. The van der Waals surface area contributed by atoms with Crippen LogP contribution in [-0.2, 0) is 6.42 Å². The molecule has 3 heteroatoms. The van der Waals surface area contributed by atoms with Gasteiger partial charge in [-0.2, -0.15) is 0 Å². The lowest BCUT2D eigenvalue weighted by molar-refractivity contribution is 0.169. The fourth-order valence-electron chi connectivity index (χ4n) is 2.28. The lowest BCUT2D eigenvalue weighted by Crippen LogP contribution is -2.38. The molecular formula is C13H20BrNS. The Morgan fingerprint density at radius 1 is 1.38 bits per heavy atom. The molecule has 90 valence electrons. The van der Waals surface area contributed by atoms with Crippen LogP contribution in [0, 0.1) is 11.8 Å². The molecule has 1 aromatic rings. The minimum absolute atomic E-state index is 0.622. The maximum absolute atomic E-state index is 3.56. The highest BCUT2D eigenvalue weighted by Gasteiger charge is 2.30. The summed E-state index contributed by atoms with van der Waals surface area (Å²) >= 11 is 5.42. The van der Waals surface area contributed by atoms with Crippen molar-refractivity contribution in [1.29, 1.82) is 0 Å². The summed E-state index contributed by atoms with van der Waals surface area (Å²) in [6.45, 7) is 5.66. The average Bonchev–Trinajstić information content (AvgIpc) is 2.59. The molecule has 0 bridgehead atoms. The molecule has 1 heterocycles. The molecule has 2 atom stereocenters. The number of hydrogen-bond donors (Lipinski definition) is 1. The Morgan fingerprint density at radius 3 is 2.62 bits per heavy atom. The van der Waals surface area contributed by atoms with Gasteiger partial charge in [-0.15, -0.1) is 11.3 Å². The predicted octanol–water partition coefficient (Wildman–Crippen LogP) is 4.08. The van der Waals surface area contributed by atoms with E-state index in [4.69, 9.17) is 0 Å². The third-order valence-electron chi connectivity index (χ3n) is 3.46. The van der Waals surface area contributed by atoms with Crippen LogP contribution < -0.4 is 5.32 Å². The van der Waals surface area contributed by atoms with Crippen LogP contribution in [0.3, 0.4) is 0 Å². The van der Waals surface area contributed by atoms with Crippen LogP contribution in [0.2, 0.25) is 0 Å². The predicted molar refractivity (Wildman–Crippen MR) is 75.1 cm³/mol. The van der Waals surface area contributed by atoms with Crippen LogP contribution in [0.1, 0.15) is 31.6 Å². The third-order valence-corrected chi connectivity index (χ3v) is 5.10. The van der Waals surface area contributed by atoms with Gasteiger partial charge in [-0.25, -0.2) is 0 Å². The Hall–Kier alpha value is 0.140. The summed E-state index contributed by atoms with van der Waals surface area (Å²) in [5.41, 5.74) is 0. The topological polar surface area (TPSA) is 12.0 Å². The molecule has 0 amide bonds. The Morgan fingerprint density at radius 2 is 2.12 bits per heavy atom. The lowest BCUT2D eigenvalue weighted by atomic mass is 9.71. The minimum Gasteiger partial charge on any atom is -0.314 e. The monoisotopic (exact) mass is 301 g/mol. The van der Waals surface area contributed by atoms with Crippen LogP contribution in [0.25, 0.3) is 0 Å². The normalized spacial score (nSPS) is 24.8. The molecule has 1 fully saturated rings. The number of hydrogen-bond acceptors (Lipinski definition) is 2. The zero-order chi connectivity index (χ0) is 11.5. The summed E-state index contributed by atoms with van der Waals surface area (Å²) in [5.74, 6) is 1.82. The first-order valence-electron chi connectivity index (χ1n) is 6.12. The Labute approximate surface area is 111 Å². The quantitative estimate of drug-likeness (QED) is 0.864. The maximum atomic E-state index is 3.56. The lowest BCUT2D eigenvalue weighted by Gasteiger charge is -2.37. The fraction of sp³-hybridized carbons (Fsp3) is 0.692. The first-order valence-corrected chi connectivity index (χ1v) is 7.73. The molecule has 1 nitrogen and oxygen atoms in total. The molecule has 1 aliphatic carbocycles. The third kappa shape index (κ3) is 3.31. The van der Waals surface area contributed by atoms with E-state index in [-0.39, 0.29) is 0 Å². The van der Waals surface area contributed by atoms with Gasteiger partial charge >= 0.3 is 0 Å². The molecular weight excluding hydrogens is 282 g/mol. The zero-order valence-electron chi connectivity index (χ0n) is 10.0. The maximum Gasteiger partial charge on any atom is 0.0701 e. The van der Waals surface area contributed by atoms with Crippen LogP contribution in [0.5, 0.6) is 0 Å². The van der Waals surface area contributed by atoms with Gasteiger partial charge in [-0.3, -0.25) is 0 Å². The summed E-state index contributed by atoms with van der Waals surface area (Å²) in [7, 11) is 0. The van der Waals surface area contributed by atoms with E-state index >= 15 is 0 Å². The Balaban J connectivity index is 1.78. The number of thiophene rings is 1. The number of nitrogens with one attached hydrogen (secondary N) is 1. The molecule has 0 radical (unpaired) electrons. The molecule has 0 aromatic carbocycles. The molecule has 2 rings (SSSR count). The average molecular weight is 302 g/mol. The van der Waals surface area contributed by atoms with Crippen LogP contribution in [-0.4, -0.2) is 12.6 Å². The standard InChI is InChI=1S/C13H20BrNS/c1-9(2)15-8-11-4-3-10(11)7-12-5-6-13(14)16-12/h5-6,9-11,15H,3-4,7-8H2,1-2H3. The molecule has 1 N–H and O–H groups in total. The molecule has 2 unspecified atom stereocenters. The van der Waals surface area contributed by atoms with Gasteiger partial charge in [0.2, 0.25) is 0 Å². The van der Waals surface area contributed by atoms with Gasteiger partial charge in [-0.1, -0.05) is 13.8 Å². The van der Waals surface area contributed by atoms with Crippen LogP contribution >= 0.6 is 27.3 Å². The number of rotatable bonds is 5. The molecule has 0 aliphatic heterocycles. The Bertz CT molecular complexity index is 334. The van der Waals surface area contributed by atoms with E-state index in [9.17, 15) is 0 Å². The van der Waals surface area contributed by atoms with E-state index in [1.807, 2.05) is 11.3 Å². The van der Waals surface area contributed by atoms with Crippen molar-refractivity contribution >= 4 is 27.3 Å². The molecule has 1 aliphatic rings. The van der Waals surface area contributed by atoms with Crippen molar-refractivity contribution in [1.82, 2.24) is 5.32 Å². The van der Waals surface area contributed by atoms with Gasteiger partial charge < -0.3 is 5.32 Å². The van der Waals surface area contributed by atoms with Crippen LogP contribution in [0.15, 0.2) is 15.9 Å². The van der Waals surface area contributed by atoms with E-state index in [1.165, 1.54) is 34.5 Å². The minimum atomic E-state index is 0.622. The van der Waals surface area contributed by atoms with Gasteiger partial charge in [-0.05, 0) is 65.7 Å². The van der Waals surface area contributed by atoms with E-state index in [2.05, 4.69) is 47.2 Å². The van der Waals surface area contributed by atoms with Crippen molar-refractivity contribution in [2.24, 2.45) is 11.8 Å². The Kier molecular flexibility index (Phi) is 4.45. The van der Waals surface area contributed by atoms with Crippen molar-refractivity contribution in [2.75, 3.05) is 6.54 Å². The van der Waals surface area contributed by atoms with Crippen molar-refractivity contribution in [2.45, 2.75) is 39.2 Å². The summed E-state index contributed by atoms with van der Waals surface area (Å²) in [6.07, 6.45) is 4.11. The van der Waals surface area contributed by atoms with Crippen molar-refractivity contribution < 1.29 is 0 Å². The van der Waals surface area contributed by atoms with Gasteiger partial charge in [0.1, 0.15) is 0 Å². The first kappa shape index (κ1) is 12.6. The van der Waals surface area contributed by atoms with Crippen molar-refractivity contribution in [3.05, 3.63) is 20.8 Å². The molecule has 0 spiro atoms. The van der Waals surface area contributed by atoms with Crippen molar-refractivity contribution in [3.63, 3.8) is 0 Å². The molecule has 1 saturated carbocycles. The summed E-state index contributed by atoms with van der Waals surface area (Å²) in [6, 6.07) is 5.05. The number of halogens is 1. The summed E-state index contributed by atoms with van der Waals surface area (Å²) in [5, 5.41) is 3.56. The second-order valence-corrected chi connectivity index (χ2v) is 7.62.